The summed E-state index contributed by atoms with van der Waals surface area (Å²) in [5.74, 6) is -0.975. The second-order valence-electron chi connectivity index (χ2n) is 4.08. The van der Waals surface area contributed by atoms with Crippen LogP contribution in [-0.2, 0) is 14.3 Å². The maximum Gasteiger partial charge on any atom is 0.311 e. The van der Waals surface area contributed by atoms with Gasteiger partial charge in [0.15, 0.2) is 0 Å². The zero-order valence-corrected chi connectivity index (χ0v) is 10.5. The van der Waals surface area contributed by atoms with Crippen molar-refractivity contribution in [3.8, 4) is 0 Å². The number of amides is 2. The van der Waals surface area contributed by atoms with Gasteiger partial charge in [0.2, 0.25) is 0 Å². The van der Waals surface area contributed by atoms with Crippen molar-refractivity contribution in [3.05, 3.63) is 0 Å². The lowest BCUT2D eigenvalue weighted by atomic mass is 10.2. The summed E-state index contributed by atoms with van der Waals surface area (Å²) in [6, 6.07) is -0.0978. The smallest absolute Gasteiger partial charge is 0.311 e. The molecule has 1 fully saturated rings. The molecule has 1 atom stereocenters. The molecule has 0 aromatic rings. The molecule has 2 N–H and O–H groups in total. The lowest BCUT2D eigenvalue weighted by Crippen LogP contribution is -2.53. The molecule has 0 spiro atoms. The molecule has 6 heteroatoms. The molecule has 1 aliphatic heterocycles. The van der Waals surface area contributed by atoms with E-state index >= 15 is 0 Å². The van der Waals surface area contributed by atoms with E-state index in [2.05, 4.69) is 10.6 Å². The summed E-state index contributed by atoms with van der Waals surface area (Å²) in [6.45, 7) is 5.04. The Labute approximate surface area is 102 Å². The molecule has 0 aliphatic carbocycles. The predicted molar refractivity (Wildman–Crippen MR) is 63.5 cm³/mol. The molecule has 1 unspecified atom stereocenters. The Balaban J connectivity index is 2.42. The summed E-state index contributed by atoms with van der Waals surface area (Å²) in [5.41, 5.74) is 0. The maximum absolute atomic E-state index is 11.8. The van der Waals surface area contributed by atoms with Crippen molar-refractivity contribution in [1.29, 1.82) is 0 Å². The highest BCUT2D eigenvalue weighted by Gasteiger charge is 2.24. The number of ether oxygens (including phenoxy) is 1. The van der Waals surface area contributed by atoms with Crippen LogP contribution in [0.1, 0.15) is 13.3 Å². The Kier molecular flexibility index (Phi) is 5.93. The van der Waals surface area contributed by atoms with Gasteiger partial charge in [0.1, 0.15) is 0 Å². The normalized spacial score (nSPS) is 17.6. The Morgan fingerprint density at radius 2 is 2.06 bits per heavy atom. The molecule has 0 saturated carbocycles. The van der Waals surface area contributed by atoms with Crippen LogP contribution < -0.4 is 10.6 Å². The van der Waals surface area contributed by atoms with E-state index in [0.29, 0.717) is 19.7 Å². The number of nitrogens with one attached hydrogen (secondary N) is 2. The standard InChI is InChI=1S/C11H21N3O3/c1-3-9(8-17-2)13-10(15)11(16)14-6-4-12-5-7-14/h9,12H,3-8H2,1-2H3,(H,13,15). The highest BCUT2D eigenvalue weighted by atomic mass is 16.5. The van der Waals surface area contributed by atoms with Crippen LogP contribution in [0.2, 0.25) is 0 Å². The summed E-state index contributed by atoms with van der Waals surface area (Å²) in [4.78, 5) is 25.1. The fourth-order valence-electron chi connectivity index (χ4n) is 1.72. The van der Waals surface area contributed by atoms with E-state index in [0.717, 1.165) is 19.5 Å². The fourth-order valence-corrected chi connectivity index (χ4v) is 1.72. The van der Waals surface area contributed by atoms with Gasteiger partial charge >= 0.3 is 11.8 Å². The van der Waals surface area contributed by atoms with Crippen molar-refractivity contribution < 1.29 is 14.3 Å². The summed E-state index contributed by atoms with van der Waals surface area (Å²) in [5, 5.41) is 5.82. The molecule has 0 bridgehead atoms. The number of hydrogen-bond acceptors (Lipinski definition) is 4. The van der Waals surface area contributed by atoms with Gasteiger partial charge in [0.25, 0.3) is 0 Å². The number of rotatable bonds is 4. The van der Waals surface area contributed by atoms with E-state index in [1.54, 1.807) is 12.0 Å². The lowest BCUT2D eigenvalue weighted by Gasteiger charge is -2.27. The fraction of sp³-hybridized carbons (Fsp3) is 0.818. The highest BCUT2D eigenvalue weighted by molar-refractivity contribution is 6.35. The van der Waals surface area contributed by atoms with Crippen LogP contribution in [-0.4, -0.2) is 62.7 Å². The number of nitrogens with zero attached hydrogens (tertiary/aromatic N) is 1. The van der Waals surface area contributed by atoms with Crippen LogP contribution in [0.4, 0.5) is 0 Å². The average Bonchev–Trinajstić information content (AvgIpc) is 2.38. The van der Waals surface area contributed by atoms with Crippen molar-refractivity contribution in [1.82, 2.24) is 15.5 Å². The van der Waals surface area contributed by atoms with Gasteiger partial charge in [0.05, 0.1) is 12.6 Å². The maximum atomic E-state index is 11.8. The first-order valence-corrected chi connectivity index (χ1v) is 5.98. The summed E-state index contributed by atoms with van der Waals surface area (Å²) in [7, 11) is 1.58. The molecule has 2 amide bonds. The number of hydrogen-bond donors (Lipinski definition) is 2. The van der Waals surface area contributed by atoms with E-state index in [4.69, 9.17) is 4.74 Å². The molecule has 1 rings (SSSR count). The van der Waals surface area contributed by atoms with E-state index in [1.807, 2.05) is 6.92 Å². The lowest BCUT2D eigenvalue weighted by molar-refractivity contribution is -0.146. The zero-order valence-electron chi connectivity index (χ0n) is 10.5. The third-order valence-corrected chi connectivity index (χ3v) is 2.79. The first kappa shape index (κ1) is 13.9. The zero-order chi connectivity index (χ0) is 12.7. The van der Waals surface area contributed by atoms with Crippen LogP contribution in [0.5, 0.6) is 0 Å². The Morgan fingerprint density at radius 3 is 2.59 bits per heavy atom. The SMILES string of the molecule is CCC(COC)NC(=O)C(=O)N1CCNCC1. The molecule has 0 aromatic carbocycles. The van der Waals surface area contributed by atoms with Gasteiger partial charge in [-0.05, 0) is 6.42 Å². The monoisotopic (exact) mass is 243 g/mol. The second kappa shape index (κ2) is 7.24. The van der Waals surface area contributed by atoms with E-state index in [9.17, 15) is 9.59 Å². The Hall–Kier alpha value is -1.14. The molecule has 98 valence electrons. The molecule has 1 aliphatic rings. The van der Waals surface area contributed by atoms with Gasteiger partial charge in [-0.2, -0.15) is 0 Å². The number of carbonyl (C=O) groups is 2. The topological polar surface area (TPSA) is 70.7 Å². The van der Waals surface area contributed by atoms with E-state index in [-0.39, 0.29) is 6.04 Å². The highest BCUT2D eigenvalue weighted by Crippen LogP contribution is 1.96. The molecule has 0 aromatic heterocycles. The van der Waals surface area contributed by atoms with E-state index in [1.165, 1.54) is 0 Å². The van der Waals surface area contributed by atoms with Gasteiger partial charge in [0, 0.05) is 33.3 Å². The first-order valence-electron chi connectivity index (χ1n) is 5.98. The van der Waals surface area contributed by atoms with Crippen molar-refractivity contribution in [3.63, 3.8) is 0 Å². The van der Waals surface area contributed by atoms with Gasteiger partial charge in [-0.25, -0.2) is 0 Å². The third-order valence-electron chi connectivity index (χ3n) is 2.79. The Bertz CT molecular complexity index is 265. The van der Waals surface area contributed by atoms with E-state index < -0.39 is 11.8 Å². The quantitative estimate of drug-likeness (QED) is 0.619. The van der Waals surface area contributed by atoms with Crippen molar-refractivity contribution in [2.45, 2.75) is 19.4 Å². The minimum Gasteiger partial charge on any atom is -0.383 e. The molecular formula is C11H21N3O3. The Morgan fingerprint density at radius 1 is 1.41 bits per heavy atom. The van der Waals surface area contributed by atoms with Crippen LogP contribution in [0.3, 0.4) is 0 Å². The summed E-state index contributed by atoms with van der Waals surface area (Å²) < 4.78 is 4.97. The van der Waals surface area contributed by atoms with Crippen LogP contribution in [0.15, 0.2) is 0 Å². The van der Waals surface area contributed by atoms with Crippen LogP contribution in [0, 0.1) is 0 Å². The van der Waals surface area contributed by atoms with Crippen molar-refractivity contribution in [2.24, 2.45) is 0 Å². The van der Waals surface area contributed by atoms with Crippen molar-refractivity contribution >= 4 is 11.8 Å². The predicted octanol–water partition coefficient (Wildman–Crippen LogP) is -1.04. The molecule has 6 nitrogen and oxygen atoms in total. The van der Waals surface area contributed by atoms with Crippen LogP contribution >= 0.6 is 0 Å². The molecule has 0 radical (unpaired) electrons. The van der Waals surface area contributed by atoms with Crippen molar-refractivity contribution in [2.75, 3.05) is 39.9 Å². The van der Waals surface area contributed by atoms with Gasteiger partial charge in [-0.1, -0.05) is 6.92 Å². The minimum absolute atomic E-state index is 0.0978. The molecule has 1 saturated heterocycles. The largest absolute Gasteiger partial charge is 0.383 e. The molecule has 1 heterocycles. The second-order valence-corrected chi connectivity index (χ2v) is 4.08. The van der Waals surface area contributed by atoms with Crippen LogP contribution in [0.25, 0.3) is 0 Å². The average molecular weight is 243 g/mol. The number of piperazine rings is 1. The van der Waals surface area contributed by atoms with Gasteiger partial charge < -0.3 is 20.3 Å². The minimum atomic E-state index is -0.532. The molecule has 17 heavy (non-hydrogen) atoms. The van der Waals surface area contributed by atoms with Gasteiger partial charge in [-0.15, -0.1) is 0 Å². The third kappa shape index (κ3) is 4.32. The summed E-state index contributed by atoms with van der Waals surface area (Å²) >= 11 is 0. The number of methoxy groups -OCH3 is 1. The summed E-state index contributed by atoms with van der Waals surface area (Å²) in [6.07, 6.45) is 0.744. The first-order chi connectivity index (χ1) is 8.19. The van der Waals surface area contributed by atoms with Gasteiger partial charge in [-0.3, -0.25) is 9.59 Å². The molecular weight excluding hydrogens is 222 g/mol. The number of carbonyl (C=O) groups excluding carboxylic acids is 2.